The van der Waals surface area contributed by atoms with E-state index >= 15 is 0 Å². The molecule has 2 fully saturated rings. The van der Waals surface area contributed by atoms with Crippen molar-refractivity contribution in [1.29, 1.82) is 0 Å². The Bertz CT molecular complexity index is 633. The largest absolute Gasteiger partial charge is 0.379 e. The van der Waals surface area contributed by atoms with E-state index in [1.807, 2.05) is 7.05 Å². The number of nitrogens with one attached hydrogen (secondary N) is 2. The fourth-order valence-electron chi connectivity index (χ4n) is 3.99. The molecule has 2 N–H and O–H groups in total. The fourth-order valence-corrected chi connectivity index (χ4v) is 4.57. The second-order valence-corrected chi connectivity index (χ2v) is 8.42. The number of aromatic nitrogens is 3. The first kappa shape index (κ1) is 25.7. The molecule has 172 valence electrons. The Hall–Kier alpha value is -0.590. The molecule has 1 saturated heterocycles. The van der Waals surface area contributed by atoms with E-state index in [1.165, 1.54) is 25.7 Å². The monoisotopic (exact) mass is 552 g/mol. The fraction of sp³-hybridized carbons (Fsp3) is 0.850. The molecule has 1 aromatic rings. The number of hydrogen-bond donors (Lipinski definition) is 2. The van der Waals surface area contributed by atoms with Gasteiger partial charge in [-0.3, -0.25) is 4.99 Å². The van der Waals surface area contributed by atoms with Crippen molar-refractivity contribution in [1.82, 2.24) is 25.4 Å². The Morgan fingerprint density at radius 1 is 1.20 bits per heavy atom. The minimum Gasteiger partial charge on any atom is -0.379 e. The van der Waals surface area contributed by atoms with Crippen LogP contribution in [-0.4, -0.2) is 73.0 Å². The summed E-state index contributed by atoms with van der Waals surface area (Å²) < 4.78 is 13.5. The van der Waals surface area contributed by atoms with Crippen molar-refractivity contribution in [3.63, 3.8) is 0 Å². The normalized spacial score (nSPS) is 19.8. The first-order valence-electron chi connectivity index (χ1n) is 10.9. The molecular weight excluding hydrogens is 515 g/mol. The Morgan fingerprint density at radius 2 is 1.97 bits per heavy atom. The Balaban J connectivity index is 0.00000320. The van der Waals surface area contributed by atoms with Crippen molar-refractivity contribution in [3.05, 3.63) is 5.82 Å². The molecule has 0 aromatic carbocycles. The maximum Gasteiger partial charge on any atom is 0.191 e. The first-order valence-corrected chi connectivity index (χ1v) is 12.2. The third-order valence-corrected chi connectivity index (χ3v) is 6.20. The zero-order valence-electron chi connectivity index (χ0n) is 18.3. The molecule has 2 aliphatic rings. The van der Waals surface area contributed by atoms with Gasteiger partial charge in [0.05, 0.1) is 12.7 Å². The Kier molecular flexibility index (Phi) is 12.4. The van der Waals surface area contributed by atoms with Gasteiger partial charge in [0.25, 0.3) is 0 Å². The molecule has 1 aliphatic heterocycles. The van der Waals surface area contributed by atoms with Crippen LogP contribution >= 0.6 is 35.7 Å². The number of hydrogen-bond acceptors (Lipinski definition) is 6. The maximum absolute atomic E-state index is 5.79. The van der Waals surface area contributed by atoms with E-state index < -0.39 is 0 Å². The summed E-state index contributed by atoms with van der Waals surface area (Å²) in [6, 6.07) is 0.586. The second-order valence-electron chi connectivity index (χ2n) is 7.65. The molecule has 0 bridgehead atoms. The second kappa shape index (κ2) is 14.5. The van der Waals surface area contributed by atoms with Crippen molar-refractivity contribution in [2.45, 2.75) is 68.7 Å². The Morgan fingerprint density at radius 3 is 2.63 bits per heavy atom. The molecule has 0 spiro atoms. The lowest BCUT2D eigenvalue weighted by atomic mass is 10.2. The summed E-state index contributed by atoms with van der Waals surface area (Å²) in [5.41, 5.74) is 0. The number of aliphatic imine (C=N–C) groups is 1. The van der Waals surface area contributed by atoms with E-state index in [4.69, 9.17) is 9.47 Å². The summed E-state index contributed by atoms with van der Waals surface area (Å²) in [6.45, 7) is 4.04. The zero-order valence-corrected chi connectivity index (χ0v) is 21.4. The van der Waals surface area contributed by atoms with Gasteiger partial charge in [-0.2, -0.15) is 0 Å². The predicted molar refractivity (Wildman–Crippen MR) is 132 cm³/mol. The van der Waals surface area contributed by atoms with Gasteiger partial charge in [-0.1, -0.05) is 24.6 Å². The van der Waals surface area contributed by atoms with Crippen LogP contribution in [0.5, 0.6) is 0 Å². The first-order chi connectivity index (χ1) is 14.3. The van der Waals surface area contributed by atoms with Crippen molar-refractivity contribution in [2.24, 2.45) is 4.99 Å². The predicted octanol–water partition coefficient (Wildman–Crippen LogP) is 3.03. The highest BCUT2D eigenvalue weighted by Gasteiger charge is 2.23. The van der Waals surface area contributed by atoms with E-state index in [0.29, 0.717) is 6.04 Å². The van der Waals surface area contributed by atoms with Crippen LogP contribution in [0.1, 0.15) is 56.8 Å². The van der Waals surface area contributed by atoms with Crippen LogP contribution in [0.3, 0.4) is 0 Å². The Labute approximate surface area is 201 Å². The van der Waals surface area contributed by atoms with E-state index in [9.17, 15) is 0 Å². The molecule has 1 aliphatic carbocycles. The quantitative estimate of drug-likeness (QED) is 0.144. The minimum absolute atomic E-state index is 0. The van der Waals surface area contributed by atoms with Gasteiger partial charge in [0.15, 0.2) is 11.1 Å². The van der Waals surface area contributed by atoms with Gasteiger partial charge in [0, 0.05) is 45.8 Å². The molecule has 8 nitrogen and oxygen atoms in total. The van der Waals surface area contributed by atoms with E-state index in [0.717, 1.165) is 75.5 Å². The van der Waals surface area contributed by atoms with Gasteiger partial charge in [-0.25, -0.2) is 0 Å². The molecular formula is C20H37IN6O2S. The van der Waals surface area contributed by atoms with Gasteiger partial charge in [-0.05, 0) is 38.4 Å². The molecule has 1 unspecified atom stereocenters. The van der Waals surface area contributed by atoms with E-state index in [1.54, 1.807) is 11.8 Å². The summed E-state index contributed by atoms with van der Waals surface area (Å²) >= 11 is 1.70. The average molecular weight is 553 g/mol. The molecule has 0 radical (unpaired) electrons. The van der Waals surface area contributed by atoms with Crippen LogP contribution in [0.15, 0.2) is 10.1 Å². The third-order valence-electron chi connectivity index (χ3n) is 5.56. The van der Waals surface area contributed by atoms with Crippen molar-refractivity contribution >= 4 is 41.7 Å². The number of aryl methyl sites for hydroxylation is 1. The van der Waals surface area contributed by atoms with Gasteiger partial charge in [0.2, 0.25) is 0 Å². The van der Waals surface area contributed by atoms with Gasteiger partial charge < -0.3 is 24.7 Å². The topological polar surface area (TPSA) is 85.6 Å². The van der Waals surface area contributed by atoms with Crippen molar-refractivity contribution < 1.29 is 9.47 Å². The van der Waals surface area contributed by atoms with Gasteiger partial charge >= 0.3 is 0 Å². The maximum atomic E-state index is 5.79. The molecule has 30 heavy (non-hydrogen) atoms. The summed E-state index contributed by atoms with van der Waals surface area (Å²) in [4.78, 5) is 4.30. The molecule has 10 heteroatoms. The molecule has 1 aromatic heterocycles. The molecule has 1 saturated carbocycles. The van der Waals surface area contributed by atoms with E-state index in [-0.39, 0.29) is 30.1 Å². The summed E-state index contributed by atoms with van der Waals surface area (Å²) in [7, 11) is 1.81. The van der Waals surface area contributed by atoms with Crippen LogP contribution in [0.4, 0.5) is 0 Å². The lowest BCUT2D eigenvalue weighted by molar-refractivity contribution is 0.0420. The highest BCUT2D eigenvalue weighted by Crippen LogP contribution is 2.33. The third kappa shape index (κ3) is 7.83. The highest BCUT2D eigenvalue weighted by molar-refractivity contribution is 14.0. The summed E-state index contributed by atoms with van der Waals surface area (Å²) in [5, 5.41) is 16.7. The number of thioether (sulfide) groups is 1. The number of rotatable bonds is 11. The summed E-state index contributed by atoms with van der Waals surface area (Å²) in [5.74, 6) is 1.97. The minimum atomic E-state index is 0. The molecule has 3 rings (SSSR count). The van der Waals surface area contributed by atoms with Crippen LogP contribution in [0.2, 0.25) is 0 Å². The van der Waals surface area contributed by atoms with Crippen LogP contribution in [0, 0.1) is 0 Å². The number of nitrogens with zero attached hydrogens (tertiary/aromatic N) is 4. The standard InChI is InChI=1S/C20H36N6O2S.HI/c1-21-19(23-12-6-13-28-17-10-14-27-15-17)22-11-5-9-18-24-25-20(29-2)26(18)16-7-3-4-8-16;/h16-17H,3-15H2,1-2H3,(H2,21,22,23);1H. The van der Waals surface area contributed by atoms with Crippen molar-refractivity contribution in [3.8, 4) is 0 Å². The van der Waals surface area contributed by atoms with Crippen LogP contribution in [0.25, 0.3) is 0 Å². The number of guanidine groups is 1. The lowest BCUT2D eigenvalue weighted by Crippen LogP contribution is -2.38. The molecule has 0 amide bonds. The SMILES string of the molecule is CN=C(NCCCOC1CCOC1)NCCCc1nnc(SC)n1C1CCCC1.I. The molecule has 2 heterocycles. The summed E-state index contributed by atoms with van der Waals surface area (Å²) in [6.07, 6.45) is 11.4. The van der Waals surface area contributed by atoms with Gasteiger partial charge in [0.1, 0.15) is 5.82 Å². The lowest BCUT2D eigenvalue weighted by Gasteiger charge is -2.16. The van der Waals surface area contributed by atoms with Crippen LogP contribution in [-0.2, 0) is 15.9 Å². The smallest absolute Gasteiger partial charge is 0.191 e. The highest BCUT2D eigenvalue weighted by atomic mass is 127. The van der Waals surface area contributed by atoms with Gasteiger partial charge in [-0.15, -0.1) is 34.2 Å². The number of halogens is 1. The average Bonchev–Trinajstić information content (AvgIpc) is 3.50. The zero-order chi connectivity index (χ0) is 20.3. The molecule has 1 atom stereocenters. The van der Waals surface area contributed by atoms with E-state index in [2.05, 4.69) is 36.6 Å². The number of ether oxygens (including phenoxy) is 2. The van der Waals surface area contributed by atoms with Crippen LogP contribution < -0.4 is 10.6 Å². The van der Waals surface area contributed by atoms with Crippen molar-refractivity contribution in [2.75, 3.05) is 46.2 Å².